The largest absolute Gasteiger partial charge is 0.456 e. The number of rotatable bonds is 0. The lowest BCUT2D eigenvalue weighted by Gasteiger charge is -2.09. The Labute approximate surface area is 122 Å². The molecule has 100 valence electrons. The topological polar surface area (TPSA) is 13.1 Å². The SMILES string of the molecule is C1=Cc2cc3oc4cc5ccccc5cc4c3cc2CC1. The zero-order valence-corrected chi connectivity index (χ0v) is 11.6. The summed E-state index contributed by atoms with van der Waals surface area (Å²) in [4.78, 5) is 0. The van der Waals surface area contributed by atoms with Crippen molar-refractivity contribution in [2.75, 3.05) is 0 Å². The van der Waals surface area contributed by atoms with Crippen LogP contribution in [0, 0.1) is 0 Å². The molecule has 0 fully saturated rings. The molecule has 0 N–H and O–H groups in total. The first kappa shape index (κ1) is 11.2. The van der Waals surface area contributed by atoms with Crippen LogP contribution < -0.4 is 0 Å². The van der Waals surface area contributed by atoms with E-state index >= 15 is 0 Å². The molecule has 4 aromatic rings. The van der Waals surface area contributed by atoms with E-state index in [0.717, 1.165) is 24.0 Å². The minimum atomic E-state index is 0.982. The van der Waals surface area contributed by atoms with E-state index in [1.54, 1.807) is 0 Å². The zero-order chi connectivity index (χ0) is 13.8. The zero-order valence-electron chi connectivity index (χ0n) is 11.6. The molecule has 0 bridgehead atoms. The van der Waals surface area contributed by atoms with Gasteiger partial charge in [-0.1, -0.05) is 36.4 Å². The number of hydrogen-bond donors (Lipinski definition) is 0. The molecule has 1 heterocycles. The Kier molecular flexibility index (Phi) is 2.12. The fourth-order valence-electron chi connectivity index (χ4n) is 3.39. The third-order valence-electron chi connectivity index (χ3n) is 4.48. The maximum atomic E-state index is 6.09. The molecule has 1 heteroatoms. The molecule has 1 aliphatic carbocycles. The van der Waals surface area contributed by atoms with Crippen LogP contribution in [0.3, 0.4) is 0 Å². The summed E-state index contributed by atoms with van der Waals surface area (Å²) in [5.41, 5.74) is 4.71. The molecule has 21 heavy (non-hydrogen) atoms. The van der Waals surface area contributed by atoms with Crippen LogP contribution in [-0.2, 0) is 6.42 Å². The van der Waals surface area contributed by atoms with Gasteiger partial charge in [0.15, 0.2) is 0 Å². The first-order valence-electron chi connectivity index (χ1n) is 7.43. The predicted octanol–water partition coefficient (Wildman–Crippen LogP) is 5.70. The summed E-state index contributed by atoms with van der Waals surface area (Å²) in [6.45, 7) is 0. The van der Waals surface area contributed by atoms with E-state index in [-0.39, 0.29) is 0 Å². The molecule has 0 spiro atoms. The smallest absolute Gasteiger partial charge is 0.136 e. The number of benzene rings is 3. The second kappa shape index (κ2) is 3.98. The van der Waals surface area contributed by atoms with E-state index in [9.17, 15) is 0 Å². The molecule has 0 amide bonds. The highest BCUT2D eigenvalue weighted by Gasteiger charge is 2.12. The van der Waals surface area contributed by atoms with Crippen molar-refractivity contribution in [1.82, 2.24) is 0 Å². The molecular formula is C20H14O. The molecular weight excluding hydrogens is 256 g/mol. The van der Waals surface area contributed by atoms with E-state index < -0.39 is 0 Å². The fraction of sp³-hybridized carbons (Fsp3) is 0.100. The Morgan fingerprint density at radius 1 is 0.810 bits per heavy atom. The lowest BCUT2D eigenvalue weighted by molar-refractivity contribution is 0.669. The molecule has 5 rings (SSSR count). The lowest BCUT2D eigenvalue weighted by Crippen LogP contribution is -1.92. The number of aryl methyl sites for hydroxylation is 1. The van der Waals surface area contributed by atoms with Crippen molar-refractivity contribution >= 4 is 38.8 Å². The fourth-order valence-corrected chi connectivity index (χ4v) is 3.39. The van der Waals surface area contributed by atoms with Gasteiger partial charge in [-0.25, -0.2) is 0 Å². The van der Waals surface area contributed by atoms with Crippen LogP contribution in [0.15, 0.2) is 59.0 Å². The van der Waals surface area contributed by atoms with Gasteiger partial charge >= 0.3 is 0 Å². The van der Waals surface area contributed by atoms with Gasteiger partial charge in [-0.3, -0.25) is 0 Å². The van der Waals surface area contributed by atoms with Gasteiger partial charge in [0.05, 0.1) is 0 Å². The molecule has 0 saturated heterocycles. The predicted molar refractivity (Wildman–Crippen MR) is 88.6 cm³/mol. The van der Waals surface area contributed by atoms with E-state index in [1.807, 2.05) is 0 Å². The van der Waals surface area contributed by atoms with Crippen molar-refractivity contribution in [3.63, 3.8) is 0 Å². The van der Waals surface area contributed by atoms with Crippen LogP contribution in [0.5, 0.6) is 0 Å². The highest BCUT2D eigenvalue weighted by Crippen LogP contribution is 2.35. The number of furan rings is 1. The van der Waals surface area contributed by atoms with Crippen LogP contribution >= 0.6 is 0 Å². The van der Waals surface area contributed by atoms with Gasteiger partial charge in [0, 0.05) is 10.8 Å². The summed E-state index contributed by atoms with van der Waals surface area (Å²) < 4.78 is 6.09. The summed E-state index contributed by atoms with van der Waals surface area (Å²) in [5, 5.41) is 4.96. The third kappa shape index (κ3) is 1.58. The lowest BCUT2D eigenvalue weighted by atomic mass is 9.95. The van der Waals surface area contributed by atoms with E-state index in [1.165, 1.54) is 32.7 Å². The Hall–Kier alpha value is -2.54. The van der Waals surface area contributed by atoms with E-state index in [2.05, 4.69) is 60.7 Å². The minimum absolute atomic E-state index is 0.982. The molecule has 1 aromatic heterocycles. The van der Waals surface area contributed by atoms with Gasteiger partial charge in [-0.05, 0) is 59.0 Å². The third-order valence-corrected chi connectivity index (χ3v) is 4.48. The molecule has 0 atom stereocenters. The van der Waals surface area contributed by atoms with Gasteiger partial charge in [0.2, 0.25) is 0 Å². The molecule has 0 radical (unpaired) electrons. The number of hydrogen-bond acceptors (Lipinski definition) is 1. The minimum Gasteiger partial charge on any atom is -0.456 e. The standard InChI is InChI=1S/C20H14O/c1-3-7-15-11-19-17(9-13(15)5-1)18-10-14-6-2-4-8-16(14)12-20(18)21-19/h1,3-5,7-12H,2,6H2. The van der Waals surface area contributed by atoms with Crippen molar-refractivity contribution in [3.8, 4) is 0 Å². The quantitative estimate of drug-likeness (QED) is 0.399. The van der Waals surface area contributed by atoms with Crippen molar-refractivity contribution in [2.45, 2.75) is 12.8 Å². The monoisotopic (exact) mass is 270 g/mol. The second-order valence-electron chi connectivity index (χ2n) is 5.79. The van der Waals surface area contributed by atoms with Crippen LogP contribution in [0.25, 0.3) is 38.8 Å². The number of fused-ring (bicyclic) bond motifs is 5. The maximum absolute atomic E-state index is 6.09. The van der Waals surface area contributed by atoms with Crippen molar-refractivity contribution in [3.05, 3.63) is 65.7 Å². The Morgan fingerprint density at radius 2 is 1.57 bits per heavy atom. The Morgan fingerprint density at radius 3 is 2.48 bits per heavy atom. The van der Waals surface area contributed by atoms with Crippen molar-refractivity contribution in [2.24, 2.45) is 0 Å². The van der Waals surface area contributed by atoms with E-state index in [4.69, 9.17) is 4.42 Å². The van der Waals surface area contributed by atoms with Crippen molar-refractivity contribution in [1.29, 1.82) is 0 Å². The Balaban J connectivity index is 1.93. The molecule has 3 aromatic carbocycles. The molecule has 1 nitrogen and oxygen atoms in total. The first-order chi connectivity index (χ1) is 10.4. The first-order valence-corrected chi connectivity index (χ1v) is 7.43. The summed E-state index contributed by atoms with van der Waals surface area (Å²) >= 11 is 0. The van der Waals surface area contributed by atoms with Crippen LogP contribution in [0.1, 0.15) is 17.5 Å². The van der Waals surface area contributed by atoms with Gasteiger partial charge in [0.1, 0.15) is 11.2 Å². The summed E-state index contributed by atoms with van der Waals surface area (Å²) in [6.07, 6.45) is 6.71. The average Bonchev–Trinajstić information content (AvgIpc) is 2.87. The van der Waals surface area contributed by atoms with Gasteiger partial charge in [-0.15, -0.1) is 0 Å². The van der Waals surface area contributed by atoms with Crippen LogP contribution in [0.4, 0.5) is 0 Å². The molecule has 0 saturated carbocycles. The van der Waals surface area contributed by atoms with Crippen LogP contribution in [0.2, 0.25) is 0 Å². The van der Waals surface area contributed by atoms with E-state index in [0.29, 0.717) is 0 Å². The molecule has 0 aliphatic heterocycles. The normalized spacial score (nSPS) is 14.1. The Bertz CT molecular complexity index is 1030. The maximum Gasteiger partial charge on any atom is 0.136 e. The molecule has 1 aliphatic rings. The van der Waals surface area contributed by atoms with Crippen molar-refractivity contribution < 1.29 is 4.42 Å². The summed E-state index contributed by atoms with van der Waals surface area (Å²) in [7, 11) is 0. The highest BCUT2D eigenvalue weighted by atomic mass is 16.3. The molecule has 0 unspecified atom stereocenters. The highest BCUT2D eigenvalue weighted by molar-refractivity contribution is 6.10. The second-order valence-corrected chi connectivity index (χ2v) is 5.79. The average molecular weight is 270 g/mol. The van der Waals surface area contributed by atoms with Crippen LogP contribution in [-0.4, -0.2) is 0 Å². The van der Waals surface area contributed by atoms with Gasteiger partial charge < -0.3 is 4.42 Å². The van der Waals surface area contributed by atoms with Gasteiger partial charge in [0.25, 0.3) is 0 Å². The number of allylic oxidation sites excluding steroid dienone is 1. The summed E-state index contributed by atoms with van der Waals surface area (Å²) in [6, 6.07) is 17.4. The van der Waals surface area contributed by atoms with Gasteiger partial charge in [-0.2, -0.15) is 0 Å². The summed E-state index contributed by atoms with van der Waals surface area (Å²) in [5.74, 6) is 0.